The Hall–Kier alpha value is -1.96. The first-order chi connectivity index (χ1) is 11.8. The summed E-state index contributed by atoms with van der Waals surface area (Å²) in [6.07, 6.45) is 0. The van der Waals surface area contributed by atoms with E-state index in [1.54, 1.807) is 37.3 Å². The number of nitrogen functional groups attached to an aromatic ring is 1. The fourth-order valence-electron chi connectivity index (χ4n) is 2.86. The first-order valence-corrected chi connectivity index (χ1v) is 9.58. The van der Waals surface area contributed by atoms with Gasteiger partial charge in [0.15, 0.2) is 0 Å². The normalized spacial score (nSPS) is 16.9. The molecule has 1 aliphatic rings. The van der Waals surface area contributed by atoms with Crippen molar-refractivity contribution in [3.05, 3.63) is 47.8 Å². The van der Waals surface area contributed by atoms with E-state index in [1.165, 1.54) is 10.4 Å². The van der Waals surface area contributed by atoms with Crippen molar-refractivity contribution >= 4 is 15.7 Å². The molecule has 3 rings (SSSR count). The number of nitrogens with zero attached hydrogens (tertiary/aromatic N) is 2. The minimum absolute atomic E-state index is 0.251. The van der Waals surface area contributed by atoms with Crippen LogP contribution in [0.1, 0.15) is 5.56 Å². The van der Waals surface area contributed by atoms with Gasteiger partial charge < -0.3 is 10.6 Å². The quantitative estimate of drug-likeness (QED) is 0.850. The summed E-state index contributed by atoms with van der Waals surface area (Å²) < 4.78 is 40.8. The van der Waals surface area contributed by atoms with Gasteiger partial charge in [-0.25, -0.2) is 12.8 Å². The summed E-state index contributed by atoms with van der Waals surface area (Å²) in [5.41, 5.74) is 7.97. The maximum Gasteiger partial charge on any atom is 0.243 e. The van der Waals surface area contributed by atoms with E-state index in [0.29, 0.717) is 29.9 Å². The van der Waals surface area contributed by atoms with Crippen LogP contribution in [0.2, 0.25) is 0 Å². The summed E-state index contributed by atoms with van der Waals surface area (Å²) in [4.78, 5) is 2.35. The molecule has 0 aliphatic carbocycles. The van der Waals surface area contributed by atoms with Crippen molar-refractivity contribution < 1.29 is 12.8 Å². The van der Waals surface area contributed by atoms with Crippen LogP contribution >= 0.6 is 0 Å². The van der Waals surface area contributed by atoms with Crippen LogP contribution in [0, 0.1) is 12.7 Å². The number of likely N-dealkylation sites (N-methyl/N-ethyl adjacent to an activating group) is 1. The van der Waals surface area contributed by atoms with Crippen molar-refractivity contribution in [3.63, 3.8) is 0 Å². The van der Waals surface area contributed by atoms with Crippen molar-refractivity contribution in [1.29, 1.82) is 0 Å². The number of nitrogens with two attached hydrogens (primary N) is 1. The van der Waals surface area contributed by atoms with Crippen LogP contribution in [0.25, 0.3) is 11.1 Å². The predicted octanol–water partition coefficient (Wildman–Crippen LogP) is 2.32. The van der Waals surface area contributed by atoms with Crippen LogP contribution in [0.3, 0.4) is 0 Å². The van der Waals surface area contributed by atoms with Gasteiger partial charge in [0.2, 0.25) is 10.0 Å². The van der Waals surface area contributed by atoms with E-state index in [9.17, 15) is 12.8 Å². The number of sulfonamides is 1. The molecule has 1 aliphatic heterocycles. The van der Waals surface area contributed by atoms with E-state index in [4.69, 9.17) is 5.73 Å². The standard InChI is InChI=1S/C18H22FN3O2S/c1-13-17(19)11-15(12-18(13)20)14-3-5-16(6-4-14)25(23,24)22-9-7-21(2)8-10-22/h3-6,11-12H,7-10,20H2,1-2H3. The number of hydrogen-bond acceptors (Lipinski definition) is 4. The lowest BCUT2D eigenvalue weighted by Gasteiger charge is -2.31. The molecular weight excluding hydrogens is 341 g/mol. The Morgan fingerprint density at radius 2 is 1.60 bits per heavy atom. The van der Waals surface area contributed by atoms with Crippen molar-refractivity contribution in [3.8, 4) is 11.1 Å². The first kappa shape index (κ1) is 17.8. The van der Waals surface area contributed by atoms with E-state index < -0.39 is 10.0 Å². The average molecular weight is 363 g/mol. The molecular formula is C18H22FN3O2S. The highest BCUT2D eigenvalue weighted by Crippen LogP contribution is 2.28. The lowest BCUT2D eigenvalue weighted by atomic mass is 10.0. The zero-order chi connectivity index (χ0) is 18.2. The molecule has 0 aromatic heterocycles. The Bertz CT molecular complexity index is 851. The average Bonchev–Trinajstić information content (AvgIpc) is 2.60. The summed E-state index contributed by atoms with van der Waals surface area (Å²) in [7, 11) is -1.52. The summed E-state index contributed by atoms with van der Waals surface area (Å²) in [6, 6.07) is 9.62. The molecule has 1 heterocycles. The highest BCUT2D eigenvalue weighted by atomic mass is 32.2. The van der Waals surface area contributed by atoms with Gasteiger partial charge in [-0.3, -0.25) is 0 Å². The van der Waals surface area contributed by atoms with Gasteiger partial charge in [-0.15, -0.1) is 0 Å². The van der Waals surface area contributed by atoms with Crippen molar-refractivity contribution in [2.75, 3.05) is 39.0 Å². The van der Waals surface area contributed by atoms with Crippen molar-refractivity contribution in [2.24, 2.45) is 0 Å². The SMILES string of the molecule is Cc1c(N)cc(-c2ccc(S(=O)(=O)N3CCN(C)CC3)cc2)cc1F. The van der Waals surface area contributed by atoms with E-state index >= 15 is 0 Å². The summed E-state index contributed by atoms with van der Waals surface area (Å²) in [5.74, 6) is -0.371. The van der Waals surface area contributed by atoms with Gasteiger partial charge in [-0.2, -0.15) is 4.31 Å². The van der Waals surface area contributed by atoms with Crippen molar-refractivity contribution in [2.45, 2.75) is 11.8 Å². The highest BCUT2D eigenvalue weighted by Gasteiger charge is 2.27. The van der Waals surface area contributed by atoms with E-state index in [2.05, 4.69) is 4.90 Å². The molecule has 2 aromatic rings. The third-order valence-electron chi connectivity index (χ3n) is 4.67. The smallest absolute Gasteiger partial charge is 0.243 e. The molecule has 2 N–H and O–H groups in total. The Morgan fingerprint density at radius 1 is 1.00 bits per heavy atom. The number of piperazine rings is 1. The largest absolute Gasteiger partial charge is 0.398 e. The molecule has 0 bridgehead atoms. The molecule has 0 saturated carbocycles. The second-order valence-corrected chi connectivity index (χ2v) is 8.34. The fourth-order valence-corrected chi connectivity index (χ4v) is 4.29. The van der Waals surface area contributed by atoms with Gasteiger partial charge >= 0.3 is 0 Å². The number of halogens is 1. The van der Waals surface area contributed by atoms with E-state index in [1.807, 2.05) is 7.05 Å². The molecule has 2 aromatic carbocycles. The Labute approximate surface area is 147 Å². The monoisotopic (exact) mass is 363 g/mol. The molecule has 0 unspecified atom stereocenters. The zero-order valence-electron chi connectivity index (χ0n) is 14.4. The number of anilines is 1. The Kier molecular flexibility index (Phi) is 4.81. The molecule has 25 heavy (non-hydrogen) atoms. The molecule has 1 fully saturated rings. The Morgan fingerprint density at radius 3 is 2.16 bits per heavy atom. The minimum atomic E-state index is -3.50. The minimum Gasteiger partial charge on any atom is -0.398 e. The molecule has 134 valence electrons. The molecule has 7 heteroatoms. The topological polar surface area (TPSA) is 66.6 Å². The third-order valence-corrected chi connectivity index (χ3v) is 6.59. The molecule has 0 radical (unpaired) electrons. The summed E-state index contributed by atoms with van der Waals surface area (Å²) >= 11 is 0. The van der Waals surface area contributed by atoms with Crippen LogP contribution < -0.4 is 5.73 Å². The van der Waals surface area contributed by atoms with E-state index in [-0.39, 0.29) is 10.7 Å². The molecule has 0 spiro atoms. The van der Waals surface area contributed by atoms with Gasteiger partial charge in [-0.1, -0.05) is 12.1 Å². The fraction of sp³-hybridized carbons (Fsp3) is 0.333. The third kappa shape index (κ3) is 3.53. The maximum atomic E-state index is 13.9. The lowest BCUT2D eigenvalue weighted by Crippen LogP contribution is -2.46. The molecule has 0 amide bonds. The van der Waals surface area contributed by atoms with Gasteiger partial charge in [-0.05, 0) is 49.4 Å². The number of benzene rings is 2. The van der Waals surface area contributed by atoms with Crippen LogP contribution in [0.4, 0.5) is 10.1 Å². The molecule has 1 saturated heterocycles. The zero-order valence-corrected chi connectivity index (χ0v) is 15.2. The number of hydrogen-bond donors (Lipinski definition) is 1. The lowest BCUT2D eigenvalue weighted by molar-refractivity contribution is 0.222. The predicted molar refractivity (Wildman–Crippen MR) is 97.2 cm³/mol. The van der Waals surface area contributed by atoms with Crippen molar-refractivity contribution in [1.82, 2.24) is 9.21 Å². The summed E-state index contributed by atoms with van der Waals surface area (Å²) in [5, 5.41) is 0. The maximum absolute atomic E-state index is 13.9. The number of rotatable bonds is 3. The second kappa shape index (κ2) is 6.74. The molecule has 5 nitrogen and oxygen atoms in total. The summed E-state index contributed by atoms with van der Waals surface area (Å²) in [6.45, 7) is 4.04. The van der Waals surface area contributed by atoms with Gasteiger partial charge in [0.25, 0.3) is 0 Å². The van der Waals surface area contributed by atoms with Crippen LogP contribution in [-0.4, -0.2) is 50.8 Å². The molecule has 0 atom stereocenters. The van der Waals surface area contributed by atoms with Gasteiger partial charge in [0, 0.05) is 37.4 Å². The van der Waals surface area contributed by atoms with Crippen LogP contribution in [-0.2, 0) is 10.0 Å². The van der Waals surface area contributed by atoms with Gasteiger partial charge in [0.1, 0.15) is 5.82 Å². The first-order valence-electron chi connectivity index (χ1n) is 8.14. The Balaban J connectivity index is 1.87. The van der Waals surface area contributed by atoms with Crippen LogP contribution in [0.15, 0.2) is 41.3 Å². The second-order valence-electron chi connectivity index (χ2n) is 6.40. The highest BCUT2D eigenvalue weighted by molar-refractivity contribution is 7.89. The van der Waals surface area contributed by atoms with Gasteiger partial charge in [0.05, 0.1) is 4.90 Å². The van der Waals surface area contributed by atoms with E-state index in [0.717, 1.165) is 18.7 Å². The van der Waals surface area contributed by atoms with Crippen LogP contribution in [0.5, 0.6) is 0 Å².